The number of halogens is 1. The fraction of sp³-hybridized carbons (Fsp3) is 0.100. The van der Waals surface area contributed by atoms with Crippen molar-refractivity contribution in [3.8, 4) is 6.07 Å². The van der Waals surface area contributed by atoms with Crippen LogP contribution in [0.2, 0.25) is 0 Å². The lowest BCUT2D eigenvalue weighted by atomic mass is 10.1. The van der Waals surface area contributed by atoms with Gasteiger partial charge in [-0.1, -0.05) is 12.1 Å². The second-order valence-corrected chi connectivity index (χ2v) is 4.01. The average molecular weight is 313 g/mol. The van der Waals surface area contributed by atoms with Crippen LogP contribution in [0.3, 0.4) is 0 Å². The van der Waals surface area contributed by atoms with Crippen molar-refractivity contribution in [3.63, 3.8) is 0 Å². The van der Waals surface area contributed by atoms with Crippen LogP contribution in [0.5, 0.6) is 0 Å². The van der Waals surface area contributed by atoms with E-state index in [1.165, 1.54) is 6.07 Å². The molecule has 0 bridgehead atoms. The van der Waals surface area contributed by atoms with E-state index in [0.29, 0.717) is 5.71 Å². The van der Waals surface area contributed by atoms with Crippen LogP contribution in [0.25, 0.3) is 0 Å². The summed E-state index contributed by atoms with van der Waals surface area (Å²) in [5, 5.41) is 12.0. The summed E-state index contributed by atoms with van der Waals surface area (Å²) in [6.07, 6.45) is 0. The molecule has 15 heavy (non-hydrogen) atoms. The van der Waals surface area contributed by atoms with E-state index in [-0.39, 0.29) is 0 Å². The van der Waals surface area contributed by atoms with Gasteiger partial charge in [-0.05, 0) is 47.2 Å². The number of hydrogen-bond acceptors (Lipinski definition) is 3. The number of hydrogen-bond donors (Lipinski definition) is 1. The van der Waals surface area contributed by atoms with Crippen LogP contribution in [0, 0.1) is 14.9 Å². The number of amides is 1. The number of carbonyl (C=O) groups is 1. The number of carbonyl (C=O) groups excluding carboxylic acids is 1. The summed E-state index contributed by atoms with van der Waals surface area (Å²) in [4.78, 5) is 10.6. The zero-order valence-electron chi connectivity index (χ0n) is 7.99. The third-order valence-corrected chi connectivity index (χ3v) is 2.34. The van der Waals surface area contributed by atoms with Crippen LogP contribution in [0.1, 0.15) is 12.5 Å². The number of nitriles is 1. The highest BCUT2D eigenvalue weighted by Gasteiger charge is 1.99. The summed E-state index contributed by atoms with van der Waals surface area (Å²) in [6.45, 7) is 1.77. The standard InChI is InChI=1S/C10H8IN3O/c1-7(13-14-10(15)6-12)8-3-2-4-9(11)5-8/h2-5H,1H3,(H,14,15). The Kier molecular flexibility index (Phi) is 4.24. The molecule has 4 nitrogen and oxygen atoms in total. The largest absolute Gasteiger partial charge is 0.342 e. The molecule has 0 aliphatic carbocycles. The Labute approximate surface area is 101 Å². The lowest BCUT2D eigenvalue weighted by Crippen LogP contribution is -2.16. The molecule has 0 heterocycles. The number of nitrogens with zero attached hydrogens (tertiary/aromatic N) is 2. The first-order valence-corrected chi connectivity index (χ1v) is 5.21. The maximum absolute atomic E-state index is 10.6. The highest BCUT2D eigenvalue weighted by Crippen LogP contribution is 2.08. The molecule has 0 fully saturated rings. The van der Waals surface area contributed by atoms with Crippen molar-refractivity contribution in [2.75, 3.05) is 0 Å². The second kappa shape index (κ2) is 5.46. The number of rotatable bonds is 2. The SMILES string of the molecule is CC(=NNC(=O)C#N)c1cccc(I)c1. The Balaban J connectivity index is 2.81. The van der Waals surface area contributed by atoms with E-state index in [1.807, 2.05) is 24.3 Å². The maximum Gasteiger partial charge on any atom is 0.342 e. The molecule has 0 atom stereocenters. The maximum atomic E-state index is 10.6. The van der Waals surface area contributed by atoms with Gasteiger partial charge in [-0.3, -0.25) is 4.79 Å². The fourth-order valence-electron chi connectivity index (χ4n) is 0.938. The molecule has 1 rings (SSSR count). The molecule has 1 amide bonds. The van der Waals surface area contributed by atoms with E-state index in [2.05, 4.69) is 33.1 Å². The van der Waals surface area contributed by atoms with E-state index >= 15 is 0 Å². The third-order valence-electron chi connectivity index (χ3n) is 1.67. The highest BCUT2D eigenvalue weighted by atomic mass is 127. The summed E-state index contributed by atoms with van der Waals surface area (Å²) in [7, 11) is 0. The van der Waals surface area contributed by atoms with Gasteiger partial charge in [0, 0.05) is 3.57 Å². The van der Waals surface area contributed by atoms with Gasteiger partial charge >= 0.3 is 5.91 Å². The van der Waals surface area contributed by atoms with Crippen molar-refractivity contribution >= 4 is 34.2 Å². The summed E-state index contributed by atoms with van der Waals surface area (Å²) in [5.41, 5.74) is 3.72. The Morgan fingerprint density at radius 1 is 1.60 bits per heavy atom. The van der Waals surface area contributed by atoms with Crippen molar-refractivity contribution < 1.29 is 4.79 Å². The number of hydrazone groups is 1. The Morgan fingerprint density at radius 3 is 2.93 bits per heavy atom. The first-order chi connectivity index (χ1) is 7.13. The lowest BCUT2D eigenvalue weighted by molar-refractivity contribution is -0.115. The highest BCUT2D eigenvalue weighted by molar-refractivity contribution is 14.1. The van der Waals surface area contributed by atoms with Gasteiger partial charge in [0.15, 0.2) is 6.07 Å². The summed E-state index contributed by atoms with van der Waals surface area (Å²) >= 11 is 2.19. The van der Waals surface area contributed by atoms with Gasteiger partial charge < -0.3 is 0 Å². The second-order valence-electron chi connectivity index (χ2n) is 2.76. The minimum absolute atomic E-state index is 0.664. The van der Waals surface area contributed by atoms with Gasteiger partial charge in [0.05, 0.1) is 5.71 Å². The predicted molar refractivity (Wildman–Crippen MR) is 65.1 cm³/mol. The Hall–Kier alpha value is -1.42. The third kappa shape index (κ3) is 3.67. The zero-order chi connectivity index (χ0) is 11.3. The molecule has 0 saturated heterocycles. The predicted octanol–water partition coefficient (Wildman–Crippen LogP) is 1.65. The number of nitrogens with one attached hydrogen (secondary N) is 1. The minimum Gasteiger partial charge on any atom is -0.255 e. The quantitative estimate of drug-likeness (QED) is 0.390. The van der Waals surface area contributed by atoms with Crippen LogP contribution >= 0.6 is 22.6 Å². The Bertz CT molecular complexity index is 448. The van der Waals surface area contributed by atoms with Gasteiger partial charge in [0.25, 0.3) is 0 Å². The van der Waals surface area contributed by atoms with Crippen LogP contribution in [0.4, 0.5) is 0 Å². The van der Waals surface area contributed by atoms with Crippen molar-refractivity contribution in [3.05, 3.63) is 33.4 Å². The topological polar surface area (TPSA) is 65.2 Å². The smallest absolute Gasteiger partial charge is 0.255 e. The van der Waals surface area contributed by atoms with Gasteiger partial charge in [-0.15, -0.1) is 0 Å². The van der Waals surface area contributed by atoms with Crippen molar-refractivity contribution in [1.29, 1.82) is 5.26 Å². The zero-order valence-corrected chi connectivity index (χ0v) is 10.1. The van der Waals surface area contributed by atoms with Crippen molar-refractivity contribution in [2.45, 2.75) is 6.92 Å². The van der Waals surface area contributed by atoms with Gasteiger partial charge in [0.1, 0.15) is 0 Å². The Morgan fingerprint density at radius 2 is 2.33 bits per heavy atom. The molecular formula is C10H8IN3O. The summed E-state index contributed by atoms with van der Waals surface area (Å²) in [5.74, 6) is -0.764. The molecule has 0 aliphatic rings. The van der Waals surface area contributed by atoms with E-state index in [0.717, 1.165) is 9.13 Å². The first-order valence-electron chi connectivity index (χ1n) is 4.14. The fourth-order valence-corrected chi connectivity index (χ4v) is 1.48. The summed E-state index contributed by atoms with van der Waals surface area (Å²) in [6, 6.07) is 9.12. The monoisotopic (exact) mass is 313 g/mol. The van der Waals surface area contributed by atoms with Gasteiger partial charge in [-0.25, -0.2) is 5.43 Å². The lowest BCUT2D eigenvalue weighted by Gasteiger charge is -2.00. The molecule has 0 spiro atoms. The molecule has 76 valence electrons. The molecular weight excluding hydrogens is 305 g/mol. The molecule has 0 aliphatic heterocycles. The number of benzene rings is 1. The molecule has 0 aromatic heterocycles. The van der Waals surface area contributed by atoms with Crippen LogP contribution < -0.4 is 5.43 Å². The molecule has 0 unspecified atom stereocenters. The molecule has 0 saturated carbocycles. The molecule has 1 aromatic rings. The van der Waals surface area contributed by atoms with Crippen LogP contribution in [0.15, 0.2) is 29.4 Å². The van der Waals surface area contributed by atoms with E-state index < -0.39 is 5.91 Å². The van der Waals surface area contributed by atoms with Crippen LogP contribution in [-0.4, -0.2) is 11.6 Å². The molecule has 5 heteroatoms. The summed E-state index contributed by atoms with van der Waals surface area (Å²) < 4.78 is 1.09. The van der Waals surface area contributed by atoms with E-state index in [4.69, 9.17) is 5.26 Å². The van der Waals surface area contributed by atoms with E-state index in [9.17, 15) is 4.79 Å². The van der Waals surface area contributed by atoms with Crippen molar-refractivity contribution in [1.82, 2.24) is 5.43 Å². The average Bonchev–Trinajstić information content (AvgIpc) is 2.25. The minimum atomic E-state index is -0.764. The van der Waals surface area contributed by atoms with Crippen LogP contribution in [-0.2, 0) is 4.79 Å². The van der Waals surface area contributed by atoms with Crippen molar-refractivity contribution in [2.24, 2.45) is 5.10 Å². The van der Waals surface area contributed by atoms with Gasteiger partial charge in [-0.2, -0.15) is 10.4 Å². The van der Waals surface area contributed by atoms with E-state index in [1.54, 1.807) is 6.92 Å². The molecule has 1 aromatic carbocycles. The molecule has 0 radical (unpaired) electrons. The molecule has 1 N–H and O–H groups in total. The van der Waals surface area contributed by atoms with Gasteiger partial charge in [0.2, 0.25) is 0 Å². The first kappa shape index (κ1) is 11.7. The normalized spacial score (nSPS) is 10.6.